The van der Waals surface area contributed by atoms with Crippen molar-refractivity contribution in [2.24, 2.45) is 10.7 Å². The Morgan fingerprint density at radius 3 is 2.69 bits per heavy atom. The Bertz CT molecular complexity index is 380. The highest BCUT2D eigenvalue weighted by Gasteiger charge is 2.09. The molecule has 0 aromatic heterocycles. The maximum atomic E-state index is 12.9. The lowest BCUT2D eigenvalue weighted by Gasteiger charge is -2.20. The van der Waals surface area contributed by atoms with Gasteiger partial charge in [0.1, 0.15) is 5.82 Å². The molecule has 0 fully saturated rings. The van der Waals surface area contributed by atoms with E-state index in [2.05, 4.69) is 10.3 Å². The summed E-state index contributed by atoms with van der Waals surface area (Å²) in [6, 6.07) is 6.34. The second-order valence-electron chi connectivity index (χ2n) is 4.71. The molecule has 0 aliphatic carbocycles. The maximum Gasteiger partial charge on any atom is 0.189 e. The largest absolute Gasteiger partial charge is 0.370 e. The summed E-state index contributed by atoms with van der Waals surface area (Å²) in [6.45, 7) is 6.37. The fourth-order valence-electron chi connectivity index (χ4n) is 1.24. The molecule has 0 radical (unpaired) electrons. The van der Waals surface area contributed by atoms with Crippen molar-refractivity contribution in [3.63, 3.8) is 0 Å². The van der Waals surface area contributed by atoms with Crippen molar-refractivity contribution in [3.05, 3.63) is 35.6 Å². The van der Waals surface area contributed by atoms with Crippen LogP contribution in [0.2, 0.25) is 0 Å². The number of rotatable bonds is 2. The van der Waals surface area contributed by atoms with Crippen LogP contribution < -0.4 is 11.1 Å². The maximum absolute atomic E-state index is 12.9. The highest BCUT2D eigenvalue weighted by Crippen LogP contribution is 2.05. The van der Waals surface area contributed by atoms with E-state index in [1.165, 1.54) is 12.1 Å². The molecular formula is C12H18FN3. The van der Waals surface area contributed by atoms with Crippen molar-refractivity contribution in [1.82, 2.24) is 5.32 Å². The monoisotopic (exact) mass is 223 g/mol. The number of hydrogen-bond donors (Lipinski definition) is 2. The van der Waals surface area contributed by atoms with Crippen LogP contribution in [-0.2, 0) is 6.54 Å². The zero-order valence-electron chi connectivity index (χ0n) is 9.92. The van der Waals surface area contributed by atoms with Crippen LogP contribution in [0.4, 0.5) is 4.39 Å². The van der Waals surface area contributed by atoms with Crippen molar-refractivity contribution in [3.8, 4) is 0 Å². The second kappa shape index (κ2) is 4.96. The molecule has 3 N–H and O–H groups in total. The van der Waals surface area contributed by atoms with E-state index in [0.717, 1.165) is 5.56 Å². The van der Waals surface area contributed by atoms with E-state index in [1.807, 2.05) is 26.8 Å². The minimum absolute atomic E-state index is 0.116. The smallest absolute Gasteiger partial charge is 0.189 e. The molecule has 16 heavy (non-hydrogen) atoms. The van der Waals surface area contributed by atoms with Gasteiger partial charge >= 0.3 is 0 Å². The Labute approximate surface area is 95.6 Å². The number of guanidine groups is 1. The van der Waals surface area contributed by atoms with Gasteiger partial charge in [0.15, 0.2) is 5.96 Å². The van der Waals surface area contributed by atoms with Crippen molar-refractivity contribution in [2.75, 3.05) is 0 Å². The number of nitrogens with two attached hydrogens (primary N) is 1. The molecule has 0 unspecified atom stereocenters. The number of aliphatic imine (C=N–C) groups is 1. The van der Waals surface area contributed by atoms with Gasteiger partial charge in [0.2, 0.25) is 0 Å². The van der Waals surface area contributed by atoms with E-state index in [1.54, 1.807) is 6.07 Å². The number of benzene rings is 1. The topological polar surface area (TPSA) is 50.4 Å². The van der Waals surface area contributed by atoms with E-state index in [4.69, 9.17) is 5.73 Å². The van der Waals surface area contributed by atoms with Crippen molar-refractivity contribution < 1.29 is 4.39 Å². The third-order valence-corrected chi connectivity index (χ3v) is 1.82. The van der Waals surface area contributed by atoms with Crippen molar-refractivity contribution in [1.29, 1.82) is 0 Å². The SMILES string of the molecule is CC(C)(C)NC(N)=NCc1cccc(F)c1. The van der Waals surface area contributed by atoms with Crippen LogP contribution >= 0.6 is 0 Å². The van der Waals surface area contributed by atoms with E-state index in [9.17, 15) is 4.39 Å². The predicted octanol–water partition coefficient (Wildman–Crippen LogP) is 2.03. The van der Waals surface area contributed by atoms with Gasteiger partial charge in [-0.1, -0.05) is 12.1 Å². The van der Waals surface area contributed by atoms with E-state index in [0.29, 0.717) is 12.5 Å². The van der Waals surface area contributed by atoms with Gasteiger partial charge in [0, 0.05) is 5.54 Å². The molecule has 0 bridgehead atoms. The zero-order chi connectivity index (χ0) is 12.2. The molecule has 0 amide bonds. The Morgan fingerprint density at radius 1 is 1.44 bits per heavy atom. The molecule has 0 saturated heterocycles. The first kappa shape index (κ1) is 12.5. The zero-order valence-corrected chi connectivity index (χ0v) is 9.92. The summed E-state index contributed by atoms with van der Waals surface area (Å²) in [5.41, 5.74) is 6.38. The molecule has 4 heteroatoms. The molecule has 1 aromatic rings. The third kappa shape index (κ3) is 4.77. The van der Waals surface area contributed by atoms with E-state index >= 15 is 0 Å². The highest BCUT2D eigenvalue weighted by molar-refractivity contribution is 5.78. The molecule has 3 nitrogen and oxygen atoms in total. The Morgan fingerprint density at radius 2 is 2.12 bits per heavy atom. The summed E-state index contributed by atoms with van der Waals surface area (Å²) >= 11 is 0. The third-order valence-electron chi connectivity index (χ3n) is 1.82. The summed E-state index contributed by atoms with van der Waals surface area (Å²) < 4.78 is 12.9. The lowest BCUT2D eigenvalue weighted by atomic mass is 10.1. The summed E-state index contributed by atoms with van der Waals surface area (Å²) in [4.78, 5) is 4.14. The van der Waals surface area contributed by atoms with Crippen LogP contribution in [-0.4, -0.2) is 11.5 Å². The summed E-state index contributed by atoms with van der Waals surface area (Å²) in [5.74, 6) is 0.117. The molecule has 0 spiro atoms. The second-order valence-corrected chi connectivity index (χ2v) is 4.71. The molecule has 0 heterocycles. The molecule has 1 rings (SSSR count). The molecule has 1 aromatic carbocycles. The van der Waals surface area contributed by atoms with Gasteiger partial charge < -0.3 is 11.1 Å². The van der Waals surface area contributed by atoms with E-state index < -0.39 is 0 Å². The average molecular weight is 223 g/mol. The normalized spacial score (nSPS) is 12.6. The summed E-state index contributed by atoms with van der Waals surface area (Å²) in [7, 11) is 0. The first-order valence-electron chi connectivity index (χ1n) is 5.19. The van der Waals surface area contributed by atoms with Gasteiger partial charge in [-0.2, -0.15) is 0 Å². The van der Waals surface area contributed by atoms with Gasteiger partial charge in [0.05, 0.1) is 6.54 Å². The Hall–Kier alpha value is -1.58. The van der Waals surface area contributed by atoms with Crippen LogP contribution in [0.3, 0.4) is 0 Å². The molecule has 0 saturated carbocycles. The molecular weight excluding hydrogens is 205 g/mol. The summed E-state index contributed by atoms with van der Waals surface area (Å²) in [6.07, 6.45) is 0. The van der Waals surface area contributed by atoms with Gasteiger partial charge in [-0.25, -0.2) is 9.38 Å². The lowest BCUT2D eigenvalue weighted by molar-refractivity contribution is 0.508. The number of halogens is 1. The number of hydrogen-bond acceptors (Lipinski definition) is 1. The van der Waals surface area contributed by atoms with Crippen molar-refractivity contribution >= 4 is 5.96 Å². The minimum atomic E-state index is -0.255. The van der Waals surface area contributed by atoms with Crippen LogP contribution in [0.5, 0.6) is 0 Å². The average Bonchev–Trinajstić information content (AvgIpc) is 2.12. The van der Waals surface area contributed by atoms with Crippen LogP contribution in [0, 0.1) is 5.82 Å². The first-order chi connectivity index (χ1) is 7.37. The Kier molecular flexibility index (Phi) is 3.88. The molecule has 88 valence electrons. The molecule has 0 aliphatic heterocycles. The molecule has 0 atom stereocenters. The van der Waals surface area contributed by atoms with Gasteiger partial charge in [-0.15, -0.1) is 0 Å². The fourth-order valence-corrected chi connectivity index (χ4v) is 1.24. The Balaban J connectivity index is 2.59. The van der Waals surface area contributed by atoms with Crippen LogP contribution in [0.15, 0.2) is 29.3 Å². The highest BCUT2D eigenvalue weighted by atomic mass is 19.1. The van der Waals surface area contributed by atoms with Crippen LogP contribution in [0.25, 0.3) is 0 Å². The minimum Gasteiger partial charge on any atom is -0.370 e. The number of nitrogens with zero attached hydrogens (tertiary/aromatic N) is 1. The fraction of sp³-hybridized carbons (Fsp3) is 0.417. The predicted molar refractivity (Wildman–Crippen MR) is 64.6 cm³/mol. The van der Waals surface area contributed by atoms with Gasteiger partial charge in [0.25, 0.3) is 0 Å². The van der Waals surface area contributed by atoms with Crippen molar-refractivity contribution in [2.45, 2.75) is 32.9 Å². The summed E-state index contributed by atoms with van der Waals surface area (Å²) in [5, 5.41) is 3.04. The lowest BCUT2D eigenvalue weighted by Crippen LogP contribution is -2.44. The van der Waals surface area contributed by atoms with Gasteiger partial charge in [-0.05, 0) is 38.5 Å². The van der Waals surface area contributed by atoms with Crippen LogP contribution in [0.1, 0.15) is 26.3 Å². The number of nitrogens with one attached hydrogen (secondary N) is 1. The van der Waals surface area contributed by atoms with Gasteiger partial charge in [-0.3, -0.25) is 0 Å². The molecule has 0 aliphatic rings. The first-order valence-corrected chi connectivity index (χ1v) is 5.19. The van der Waals surface area contributed by atoms with E-state index in [-0.39, 0.29) is 11.4 Å². The standard InChI is InChI=1S/C12H18FN3/c1-12(2,3)16-11(14)15-8-9-5-4-6-10(13)7-9/h4-7H,8H2,1-3H3,(H3,14,15,16). The quantitative estimate of drug-likeness (QED) is 0.595.